The van der Waals surface area contributed by atoms with Crippen LogP contribution in [0.15, 0.2) is 0 Å². The molecule has 0 unspecified atom stereocenters. The van der Waals surface area contributed by atoms with Crippen molar-refractivity contribution in [2.24, 2.45) is 0 Å². The summed E-state index contributed by atoms with van der Waals surface area (Å²) in [7, 11) is 0. The van der Waals surface area contributed by atoms with Gasteiger partial charge in [0, 0.05) is 47.9 Å². The van der Waals surface area contributed by atoms with Gasteiger partial charge in [-0.3, -0.25) is 0 Å². The van der Waals surface area contributed by atoms with Crippen molar-refractivity contribution in [1.29, 1.82) is 0 Å². The summed E-state index contributed by atoms with van der Waals surface area (Å²) in [5.74, 6) is 0. The molecule has 0 aliphatic heterocycles. The van der Waals surface area contributed by atoms with Gasteiger partial charge < -0.3 is 27.6 Å². The van der Waals surface area contributed by atoms with Crippen molar-refractivity contribution in [1.82, 2.24) is 0 Å². The smallest absolute Gasteiger partial charge is 1.00 e. The zero-order chi connectivity index (χ0) is 0. The van der Waals surface area contributed by atoms with E-state index in [0.29, 0.717) is 0 Å². The Labute approximate surface area is 165 Å². The summed E-state index contributed by atoms with van der Waals surface area (Å²) in [6.45, 7) is 0. The first-order valence-electron chi connectivity index (χ1n) is 0. The molecule has 0 aromatic rings. The van der Waals surface area contributed by atoms with Crippen molar-refractivity contribution < 1.29 is 75.5 Å². The van der Waals surface area contributed by atoms with Crippen LogP contribution in [0.4, 0.5) is 0 Å². The van der Waals surface area contributed by atoms with Crippen molar-refractivity contribution in [3.8, 4) is 0 Å². The van der Waals surface area contributed by atoms with E-state index < -0.39 is 0 Å². The van der Waals surface area contributed by atoms with E-state index >= 15 is 0 Å². The first-order chi connectivity index (χ1) is 0. The van der Waals surface area contributed by atoms with E-state index in [1.165, 1.54) is 0 Å². The molecule has 0 aliphatic carbocycles. The van der Waals surface area contributed by atoms with Crippen LogP contribution in [0.3, 0.4) is 0 Å². The van der Waals surface area contributed by atoms with Crippen LogP contribution in [-0.4, -0.2) is 116 Å². The molecule has 0 atom stereocenters. The van der Waals surface area contributed by atoms with Gasteiger partial charge in [-0.2, -0.15) is 0 Å². The topological polar surface area (TPSA) is 126 Å². The average Bonchev–Trinajstić information content (AvgIpc) is 0. The summed E-state index contributed by atoms with van der Waals surface area (Å²) < 4.78 is 0. The van der Waals surface area contributed by atoms with Gasteiger partial charge in [0.2, 0.25) is 0 Å². The van der Waals surface area contributed by atoms with Crippen molar-refractivity contribution in [2.45, 2.75) is 0 Å². The third kappa shape index (κ3) is 46.9. The van der Waals surface area contributed by atoms with Crippen molar-refractivity contribution >= 4 is 94.4 Å². The minimum atomic E-state index is 0. The normalized spacial score (nSPS) is 0. The van der Waals surface area contributed by atoms with Crippen LogP contribution in [0.2, 0.25) is 0 Å². The second-order valence-electron chi connectivity index (χ2n) is 0. The van der Waals surface area contributed by atoms with Crippen LogP contribution in [0.5, 0.6) is 0 Å². The molecule has 0 aromatic carbocycles. The standard InChI is InChI=1S/Ba.4H2O.Sr.Ti.Zr.4H/h;4*1H2;;;;;;;/q+2;;;;;+2;;;4*-1. The number of hydrogen-bond donors (Lipinski definition) is 0. The van der Waals surface area contributed by atoms with Gasteiger partial charge in [0.05, 0.1) is 0 Å². The molecule has 8 N–H and O–H groups in total. The number of hydrogen-bond acceptors (Lipinski definition) is 0. The zero-order valence-corrected chi connectivity index (χ0v) is 16.4. The Balaban J connectivity index is 0. The van der Waals surface area contributed by atoms with E-state index in [4.69, 9.17) is 0 Å². The molecule has 4 nitrogen and oxygen atoms in total. The van der Waals surface area contributed by atoms with Gasteiger partial charge in [-0.1, -0.05) is 0 Å². The van der Waals surface area contributed by atoms with Gasteiger partial charge in [-0.05, 0) is 0 Å². The molecule has 0 saturated heterocycles. The fraction of sp³-hybridized carbons (Fsp3) is 0. The third-order valence-corrected chi connectivity index (χ3v) is 0. The van der Waals surface area contributed by atoms with Gasteiger partial charge in [0.25, 0.3) is 0 Å². The van der Waals surface area contributed by atoms with Gasteiger partial charge in [0.1, 0.15) is 0 Å². The summed E-state index contributed by atoms with van der Waals surface area (Å²) in [5, 5.41) is 0. The van der Waals surface area contributed by atoms with E-state index in [0.717, 1.165) is 0 Å². The maximum absolute atomic E-state index is 0. The Morgan fingerprint density at radius 3 is 0.750 bits per heavy atom. The van der Waals surface area contributed by atoms with Crippen LogP contribution < -0.4 is 0 Å². The van der Waals surface area contributed by atoms with Crippen molar-refractivity contribution in [2.75, 3.05) is 0 Å². The molecule has 0 bridgehead atoms. The zero-order valence-electron chi connectivity index (χ0n) is 8.41. The van der Waals surface area contributed by atoms with Gasteiger partial charge in [-0.15, -0.1) is 0 Å². The third-order valence-electron chi connectivity index (χ3n) is 0. The Hall–Kier alpha value is 4.49. The first kappa shape index (κ1) is 81.8. The van der Waals surface area contributed by atoms with Crippen LogP contribution in [0.1, 0.15) is 5.71 Å². The summed E-state index contributed by atoms with van der Waals surface area (Å²) in [6.07, 6.45) is 0. The Bertz CT molecular complexity index is 27.0. The second kappa shape index (κ2) is 62.7. The van der Waals surface area contributed by atoms with Crippen molar-refractivity contribution in [3.63, 3.8) is 0 Å². The fourth-order valence-electron chi connectivity index (χ4n) is 0. The first-order valence-corrected chi connectivity index (χ1v) is 0. The van der Waals surface area contributed by atoms with E-state index in [1.54, 1.807) is 0 Å². The minimum Gasteiger partial charge on any atom is -1.00 e. The van der Waals surface area contributed by atoms with Crippen LogP contribution in [-0.2, 0) is 47.9 Å². The molecule has 0 fully saturated rings. The Morgan fingerprint density at radius 2 is 0.750 bits per heavy atom. The molecule has 0 rings (SSSR count). The maximum atomic E-state index is 0. The van der Waals surface area contributed by atoms with Gasteiger partial charge in [-0.25, -0.2) is 0 Å². The molecule has 0 aliphatic rings. The van der Waals surface area contributed by atoms with E-state index in [1.807, 2.05) is 0 Å². The maximum Gasteiger partial charge on any atom is 2.00 e. The largest absolute Gasteiger partial charge is 2.00 e. The fourth-order valence-corrected chi connectivity index (χ4v) is 0. The predicted octanol–water partition coefficient (Wildman–Crippen LogP) is -3.62. The SMILES string of the molecule is O.O.O.O.[Ba+2].[H-].[H-].[H-].[H-].[Sr+2].[Ti].[Zr]. The monoisotopic (exact) mass is 440 g/mol. The molecule has 48 valence electrons. The molecule has 0 radical (unpaired) electrons. The summed E-state index contributed by atoms with van der Waals surface area (Å²) in [4.78, 5) is 0. The predicted molar refractivity (Wildman–Crippen MR) is 30.4 cm³/mol. The van der Waals surface area contributed by atoms with E-state index in [2.05, 4.69) is 0 Å². The molecule has 0 heterocycles. The summed E-state index contributed by atoms with van der Waals surface area (Å²) >= 11 is 0. The Kier molecular flexibility index (Phi) is 641. The minimum absolute atomic E-state index is 0. The Morgan fingerprint density at radius 1 is 0.750 bits per heavy atom. The molecule has 0 saturated carbocycles. The molecule has 8 heavy (non-hydrogen) atoms. The number of rotatable bonds is 0. The molecular formula is H12BaO4SrTiZr. The van der Waals surface area contributed by atoms with Crippen molar-refractivity contribution in [3.05, 3.63) is 0 Å². The summed E-state index contributed by atoms with van der Waals surface area (Å²) in [5.41, 5.74) is 0. The molecular weight excluding hydrogens is 428 g/mol. The van der Waals surface area contributed by atoms with E-state index in [9.17, 15) is 0 Å². The van der Waals surface area contributed by atoms with E-state index in [-0.39, 0.29) is 170 Å². The molecule has 0 spiro atoms. The van der Waals surface area contributed by atoms with Gasteiger partial charge >= 0.3 is 94.4 Å². The second-order valence-corrected chi connectivity index (χ2v) is 0. The molecule has 0 amide bonds. The van der Waals surface area contributed by atoms with Crippen LogP contribution >= 0.6 is 0 Å². The average molecular weight is 440 g/mol. The summed E-state index contributed by atoms with van der Waals surface area (Å²) in [6, 6.07) is 0. The van der Waals surface area contributed by atoms with Crippen LogP contribution in [0, 0.1) is 0 Å². The quantitative estimate of drug-likeness (QED) is 0.345. The van der Waals surface area contributed by atoms with Crippen LogP contribution in [0.25, 0.3) is 0 Å². The molecule has 8 heteroatoms. The molecule has 0 aromatic heterocycles. The van der Waals surface area contributed by atoms with Gasteiger partial charge in [0.15, 0.2) is 0 Å².